The van der Waals surface area contributed by atoms with E-state index in [0.717, 1.165) is 5.56 Å². The van der Waals surface area contributed by atoms with Gasteiger partial charge in [0.2, 0.25) is 0 Å². The lowest BCUT2D eigenvalue weighted by Gasteiger charge is -2.14. The Morgan fingerprint density at radius 2 is 1.95 bits per heavy atom. The van der Waals surface area contributed by atoms with Crippen molar-refractivity contribution in [2.75, 3.05) is 6.54 Å². The van der Waals surface area contributed by atoms with E-state index in [-0.39, 0.29) is 18.2 Å². The molecule has 0 bridgehead atoms. The number of hydrogen-bond donors (Lipinski definition) is 3. The van der Waals surface area contributed by atoms with Crippen LogP contribution in [0.3, 0.4) is 0 Å². The lowest BCUT2D eigenvalue weighted by atomic mass is 10.1. The first kappa shape index (κ1) is 14.6. The van der Waals surface area contributed by atoms with Crippen molar-refractivity contribution in [3.05, 3.63) is 34.2 Å². The van der Waals surface area contributed by atoms with Crippen LogP contribution in [0.2, 0.25) is 0 Å². The number of halogens is 3. The summed E-state index contributed by atoms with van der Waals surface area (Å²) in [4.78, 5) is 16.4. The quantitative estimate of drug-likeness (QED) is 0.741. The first-order chi connectivity index (χ1) is 9.35. The molecule has 1 atom stereocenters. The molecule has 0 aliphatic rings. The van der Waals surface area contributed by atoms with Gasteiger partial charge in [0, 0.05) is 12.5 Å². The fourth-order valence-electron chi connectivity index (χ4n) is 2.04. The van der Waals surface area contributed by atoms with E-state index < -0.39 is 12.6 Å². The molecule has 0 radical (unpaired) electrons. The van der Waals surface area contributed by atoms with E-state index in [9.17, 15) is 18.0 Å². The van der Waals surface area contributed by atoms with Crippen LogP contribution in [0.5, 0.6) is 0 Å². The first-order valence-electron chi connectivity index (χ1n) is 6.37. The van der Waals surface area contributed by atoms with Crippen molar-refractivity contribution in [3.63, 3.8) is 0 Å². The van der Waals surface area contributed by atoms with Crippen molar-refractivity contribution in [2.45, 2.75) is 32.0 Å². The van der Waals surface area contributed by atoms with Gasteiger partial charge in [-0.05, 0) is 37.6 Å². The third-order valence-electron chi connectivity index (χ3n) is 3.13. The molecule has 20 heavy (non-hydrogen) atoms. The van der Waals surface area contributed by atoms with Crippen LogP contribution in [0, 0.1) is 0 Å². The minimum absolute atomic E-state index is 0.0527. The number of hydrogen-bond acceptors (Lipinski definition) is 2. The highest BCUT2D eigenvalue weighted by atomic mass is 19.4. The molecular weight excluding hydrogens is 271 g/mol. The monoisotopic (exact) mass is 287 g/mol. The summed E-state index contributed by atoms with van der Waals surface area (Å²) in [6, 6.07) is 5.35. The molecule has 0 aliphatic heterocycles. The minimum atomic E-state index is -4.10. The highest BCUT2D eigenvalue weighted by molar-refractivity contribution is 5.75. The lowest BCUT2D eigenvalue weighted by Crippen LogP contribution is -2.21. The van der Waals surface area contributed by atoms with E-state index in [0.29, 0.717) is 17.6 Å². The van der Waals surface area contributed by atoms with Crippen molar-refractivity contribution < 1.29 is 13.2 Å². The third kappa shape index (κ3) is 3.86. The molecule has 3 N–H and O–H groups in total. The lowest BCUT2D eigenvalue weighted by molar-refractivity contribution is -0.135. The molecule has 110 valence electrons. The summed E-state index contributed by atoms with van der Waals surface area (Å²) in [5.41, 5.74) is 2.04. The molecule has 0 saturated carbocycles. The zero-order chi connectivity index (χ0) is 14.8. The van der Waals surface area contributed by atoms with E-state index >= 15 is 0 Å². The van der Waals surface area contributed by atoms with Crippen molar-refractivity contribution in [2.24, 2.45) is 0 Å². The summed E-state index contributed by atoms with van der Waals surface area (Å²) < 4.78 is 36.0. The highest BCUT2D eigenvalue weighted by Gasteiger charge is 2.25. The highest BCUT2D eigenvalue weighted by Crippen LogP contribution is 2.21. The molecule has 1 aromatic heterocycles. The predicted octanol–water partition coefficient (Wildman–Crippen LogP) is 2.85. The third-order valence-corrected chi connectivity index (χ3v) is 3.13. The van der Waals surface area contributed by atoms with Crippen LogP contribution in [-0.2, 0) is 0 Å². The van der Waals surface area contributed by atoms with Crippen molar-refractivity contribution in [1.29, 1.82) is 0 Å². The van der Waals surface area contributed by atoms with Crippen LogP contribution < -0.4 is 11.0 Å². The van der Waals surface area contributed by atoms with Gasteiger partial charge in [-0.3, -0.25) is 0 Å². The molecule has 2 rings (SSSR count). The predicted molar refractivity (Wildman–Crippen MR) is 70.6 cm³/mol. The Balaban J connectivity index is 1.93. The zero-order valence-electron chi connectivity index (χ0n) is 11.0. The number of rotatable bonds is 5. The molecule has 0 saturated heterocycles. The normalized spacial score (nSPS) is 13.8. The Hall–Kier alpha value is -1.76. The maximum atomic E-state index is 12.0. The fraction of sp³-hybridized carbons (Fsp3) is 0.462. The number of benzene rings is 1. The Kier molecular flexibility index (Phi) is 4.17. The van der Waals surface area contributed by atoms with E-state index in [1.807, 2.05) is 19.1 Å². The van der Waals surface area contributed by atoms with Gasteiger partial charge >= 0.3 is 11.9 Å². The Bertz CT molecular complexity index is 630. The summed E-state index contributed by atoms with van der Waals surface area (Å²) in [7, 11) is 0. The standard InChI is InChI=1S/C13H16F3N3O/c1-8(17-6-2-5-13(14,15)16)9-3-4-10-11(7-9)19-12(20)18-10/h3-4,7-8,17H,2,5-6H2,1H3,(H2,18,19,20). The number of nitrogens with one attached hydrogen (secondary N) is 3. The molecule has 4 nitrogen and oxygen atoms in total. The van der Waals surface area contributed by atoms with Crippen LogP contribution in [0.15, 0.2) is 23.0 Å². The summed E-state index contributed by atoms with van der Waals surface area (Å²) in [6.45, 7) is 2.17. The smallest absolute Gasteiger partial charge is 0.310 e. The zero-order valence-corrected chi connectivity index (χ0v) is 11.0. The molecule has 1 unspecified atom stereocenters. The number of alkyl halides is 3. The molecule has 1 aromatic carbocycles. The number of aromatic amines is 2. The van der Waals surface area contributed by atoms with E-state index in [1.54, 1.807) is 6.07 Å². The average molecular weight is 287 g/mol. The van der Waals surface area contributed by atoms with Gasteiger partial charge in [0.25, 0.3) is 0 Å². The number of fused-ring (bicyclic) bond motifs is 1. The van der Waals surface area contributed by atoms with E-state index in [4.69, 9.17) is 0 Å². The van der Waals surface area contributed by atoms with E-state index in [1.165, 1.54) is 0 Å². The summed E-state index contributed by atoms with van der Waals surface area (Å²) in [5.74, 6) is 0. The van der Waals surface area contributed by atoms with Crippen LogP contribution >= 0.6 is 0 Å². The maximum absolute atomic E-state index is 12.0. The largest absolute Gasteiger partial charge is 0.389 e. The molecule has 0 amide bonds. The fourth-order valence-corrected chi connectivity index (χ4v) is 2.04. The molecule has 7 heteroatoms. The Morgan fingerprint density at radius 3 is 2.65 bits per heavy atom. The van der Waals surface area contributed by atoms with Gasteiger partial charge in [0.05, 0.1) is 11.0 Å². The van der Waals surface area contributed by atoms with Gasteiger partial charge in [-0.1, -0.05) is 6.07 Å². The maximum Gasteiger partial charge on any atom is 0.389 e. The molecular formula is C13H16F3N3O. The summed E-state index contributed by atoms with van der Waals surface area (Å²) in [6.07, 6.45) is -4.83. The van der Waals surface area contributed by atoms with E-state index in [2.05, 4.69) is 15.3 Å². The van der Waals surface area contributed by atoms with Crippen LogP contribution in [0.1, 0.15) is 31.4 Å². The topological polar surface area (TPSA) is 60.7 Å². The van der Waals surface area contributed by atoms with Crippen molar-refractivity contribution in [3.8, 4) is 0 Å². The van der Waals surface area contributed by atoms with Gasteiger partial charge in [-0.25, -0.2) is 4.79 Å². The molecule has 2 aromatic rings. The first-order valence-corrected chi connectivity index (χ1v) is 6.37. The summed E-state index contributed by atoms with van der Waals surface area (Å²) >= 11 is 0. The van der Waals surface area contributed by atoms with Gasteiger partial charge in [-0.2, -0.15) is 13.2 Å². The summed E-state index contributed by atoms with van der Waals surface area (Å²) in [5, 5.41) is 3.04. The van der Waals surface area contributed by atoms with Crippen LogP contribution in [-0.4, -0.2) is 22.7 Å². The Labute approximate surface area is 113 Å². The van der Waals surface area contributed by atoms with Crippen LogP contribution in [0.25, 0.3) is 11.0 Å². The Morgan fingerprint density at radius 1 is 1.25 bits per heavy atom. The van der Waals surface area contributed by atoms with Crippen molar-refractivity contribution in [1.82, 2.24) is 15.3 Å². The van der Waals surface area contributed by atoms with Crippen LogP contribution in [0.4, 0.5) is 13.2 Å². The number of H-pyrrole nitrogens is 2. The molecule has 0 aliphatic carbocycles. The second kappa shape index (κ2) is 5.70. The van der Waals surface area contributed by atoms with Gasteiger partial charge < -0.3 is 15.3 Å². The second-order valence-corrected chi connectivity index (χ2v) is 4.78. The van der Waals surface area contributed by atoms with Crippen molar-refractivity contribution >= 4 is 11.0 Å². The van der Waals surface area contributed by atoms with Gasteiger partial charge in [0.15, 0.2) is 0 Å². The number of imidazole rings is 1. The molecule has 1 heterocycles. The number of aromatic nitrogens is 2. The average Bonchev–Trinajstić information content (AvgIpc) is 2.72. The second-order valence-electron chi connectivity index (χ2n) is 4.78. The molecule has 0 fully saturated rings. The molecule has 0 spiro atoms. The SMILES string of the molecule is CC(NCCCC(F)(F)F)c1ccc2[nH]c(=O)[nH]c2c1. The van der Waals surface area contributed by atoms with Gasteiger partial charge in [0.1, 0.15) is 0 Å². The minimum Gasteiger partial charge on any atom is -0.310 e. The van der Waals surface area contributed by atoms with Gasteiger partial charge in [-0.15, -0.1) is 0 Å².